The van der Waals surface area contributed by atoms with Gasteiger partial charge in [-0.2, -0.15) is 0 Å². The molecular weight excluding hydrogens is 278 g/mol. The van der Waals surface area contributed by atoms with Gasteiger partial charge in [0, 0.05) is 11.4 Å². The fourth-order valence-corrected chi connectivity index (χ4v) is 2.77. The monoisotopic (exact) mass is 296 g/mol. The fourth-order valence-electron chi connectivity index (χ4n) is 2.10. The minimum Gasteiger partial charge on any atom is -0.308 e. The second-order valence-electron chi connectivity index (χ2n) is 4.78. The standard InChI is InChI=1S/C15H18F2N2S/c1-3-4-18-14(15-9-20-10(2)19-15)7-11-5-12(16)8-13(17)6-11/h5-6,8-9,14,18H,3-4,7H2,1-2H3. The summed E-state index contributed by atoms with van der Waals surface area (Å²) in [5.74, 6) is -1.08. The summed E-state index contributed by atoms with van der Waals surface area (Å²) in [7, 11) is 0. The van der Waals surface area contributed by atoms with Crippen molar-refractivity contribution in [1.82, 2.24) is 10.3 Å². The van der Waals surface area contributed by atoms with Gasteiger partial charge in [0.15, 0.2) is 0 Å². The minimum absolute atomic E-state index is 0.0129. The van der Waals surface area contributed by atoms with Gasteiger partial charge < -0.3 is 5.32 Å². The van der Waals surface area contributed by atoms with E-state index in [1.54, 1.807) is 11.3 Å². The van der Waals surface area contributed by atoms with Crippen molar-refractivity contribution >= 4 is 11.3 Å². The summed E-state index contributed by atoms with van der Waals surface area (Å²) in [5.41, 5.74) is 1.58. The van der Waals surface area contributed by atoms with E-state index in [9.17, 15) is 8.78 Å². The molecule has 1 N–H and O–H groups in total. The Kier molecular flexibility index (Phi) is 5.20. The van der Waals surface area contributed by atoms with E-state index in [0.717, 1.165) is 29.7 Å². The van der Waals surface area contributed by atoms with Crippen molar-refractivity contribution in [2.45, 2.75) is 32.7 Å². The molecule has 2 rings (SSSR count). The summed E-state index contributed by atoms with van der Waals surface area (Å²) in [6.07, 6.45) is 1.52. The maximum absolute atomic E-state index is 13.3. The zero-order valence-electron chi connectivity index (χ0n) is 11.6. The van der Waals surface area contributed by atoms with E-state index in [1.807, 2.05) is 12.3 Å². The Labute approximate surface area is 121 Å². The molecule has 0 radical (unpaired) electrons. The van der Waals surface area contributed by atoms with Gasteiger partial charge in [-0.05, 0) is 44.0 Å². The van der Waals surface area contributed by atoms with E-state index in [-0.39, 0.29) is 6.04 Å². The maximum atomic E-state index is 13.3. The Hall–Kier alpha value is -1.33. The first-order valence-corrected chi connectivity index (χ1v) is 7.57. The highest BCUT2D eigenvalue weighted by atomic mass is 32.1. The molecule has 0 aliphatic rings. The van der Waals surface area contributed by atoms with E-state index in [4.69, 9.17) is 0 Å². The predicted octanol–water partition coefficient (Wildman–Crippen LogP) is 4.01. The van der Waals surface area contributed by atoms with Gasteiger partial charge in [-0.25, -0.2) is 13.8 Å². The SMILES string of the molecule is CCCNC(Cc1cc(F)cc(F)c1)c1csc(C)n1. The molecule has 0 aliphatic heterocycles. The largest absolute Gasteiger partial charge is 0.308 e. The molecule has 0 fully saturated rings. The van der Waals surface area contributed by atoms with Crippen molar-refractivity contribution in [3.63, 3.8) is 0 Å². The van der Waals surface area contributed by atoms with E-state index in [1.165, 1.54) is 12.1 Å². The Balaban J connectivity index is 2.18. The molecule has 5 heteroatoms. The lowest BCUT2D eigenvalue weighted by atomic mass is 10.0. The third kappa shape index (κ3) is 4.08. The molecule has 0 aliphatic carbocycles. The number of hydrogen-bond acceptors (Lipinski definition) is 3. The number of halogens is 2. The molecule has 1 aromatic carbocycles. The summed E-state index contributed by atoms with van der Waals surface area (Å²) in [6, 6.07) is 3.64. The topological polar surface area (TPSA) is 24.9 Å². The molecule has 2 nitrogen and oxygen atoms in total. The van der Waals surface area contributed by atoms with Crippen LogP contribution in [0.3, 0.4) is 0 Å². The first kappa shape index (κ1) is 15.1. The molecule has 0 bridgehead atoms. The quantitative estimate of drug-likeness (QED) is 0.871. The van der Waals surface area contributed by atoms with Gasteiger partial charge in [0.2, 0.25) is 0 Å². The number of nitrogens with zero attached hydrogens (tertiary/aromatic N) is 1. The van der Waals surface area contributed by atoms with Crippen molar-refractivity contribution in [3.8, 4) is 0 Å². The highest BCUT2D eigenvalue weighted by Gasteiger charge is 2.15. The Morgan fingerprint density at radius 1 is 1.25 bits per heavy atom. The van der Waals surface area contributed by atoms with E-state index in [2.05, 4.69) is 17.2 Å². The second-order valence-corrected chi connectivity index (χ2v) is 5.84. The van der Waals surface area contributed by atoms with Gasteiger partial charge in [0.1, 0.15) is 11.6 Å². The average Bonchev–Trinajstić information content (AvgIpc) is 2.80. The number of thiazole rings is 1. The number of aryl methyl sites for hydroxylation is 1. The van der Waals surface area contributed by atoms with Gasteiger partial charge in [-0.15, -0.1) is 11.3 Å². The molecule has 0 amide bonds. The van der Waals surface area contributed by atoms with E-state index < -0.39 is 11.6 Å². The van der Waals surface area contributed by atoms with Crippen LogP contribution in [-0.2, 0) is 6.42 Å². The third-order valence-corrected chi connectivity index (χ3v) is 3.79. The fraction of sp³-hybridized carbons (Fsp3) is 0.400. The first-order valence-electron chi connectivity index (χ1n) is 6.69. The van der Waals surface area contributed by atoms with Crippen molar-refractivity contribution in [2.24, 2.45) is 0 Å². The van der Waals surface area contributed by atoms with Gasteiger partial charge >= 0.3 is 0 Å². The number of nitrogens with one attached hydrogen (secondary N) is 1. The minimum atomic E-state index is -0.538. The second kappa shape index (κ2) is 6.90. The van der Waals surface area contributed by atoms with Crippen LogP contribution in [0.1, 0.15) is 35.7 Å². The molecule has 0 saturated heterocycles. The lowest BCUT2D eigenvalue weighted by Gasteiger charge is -2.16. The van der Waals surface area contributed by atoms with E-state index in [0.29, 0.717) is 12.0 Å². The summed E-state index contributed by atoms with van der Waals surface area (Å²) < 4.78 is 26.5. The van der Waals surface area contributed by atoms with Crippen LogP contribution in [0.25, 0.3) is 0 Å². The molecule has 1 unspecified atom stereocenters. The van der Waals surface area contributed by atoms with Crippen LogP contribution < -0.4 is 5.32 Å². The molecular formula is C15H18F2N2S. The molecule has 0 spiro atoms. The lowest BCUT2D eigenvalue weighted by molar-refractivity contribution is 0.514. The normalized spacial score (nSPS) is 12.6. The number of hydrogen-bond donors (Lipinski definition) is 1. The Bertz CT molecular complexity index is 549. The van der Waals surface area contributed by atoms with Gasteiger partial charge in [0.25, 0.3) is 0 Å². The highest BCUT2D eigenvalue weighted by molar-refractivity contribution is 7.09. The maximum Gasteiger partial charge on any atom is 0.126 e. The molecule has 1 atom stereocenters. The van der Waals surface area contributed by atoms with Crippen LogP contribution in [-0.4, -0.2) is 11.5 Å². The predicted molar refractivity (Wildman–Crippen MR) is 77.9 cm³/mol. The molecule has 108 valence electrons. The van der Waals surface area contributed by atoms with Crippen molar-refractivity contribution < 1.29 is 8.78 Å². The molecule has 2 aromatic rings. The Morgan fingerprint density at radius 3 is 2.50 bits per heavy atom. The van der Waals surface area contributed by atoms with Gasteiger partial charge in [-0.1, -0.05) is 6.92 Å². The summed E-state index contributed by atoms with van der Waals surface area (Å²) in [5, 5.41) is 6.38. The number of rotatable bonds is 6. The summed E-state index contributed by atoms with van der Waals surface area (Å²) in [6.45, 7) is 4.88. The Morgan fingerprint density at radius 2 is 1.95 bits per heavy atom. The molecule has 0 saturated carbocycles. The zero-order chi connectivity index (χ0) is 14.5. The molecule has 20 heavy (non-hydrogen) atoms. The molecule has 1 aromatic heterocycles. The number of aromatic nitrogens is 1. The van der Waals surface area contributed by atoms with Crippen LogP contribution in [0.5, 0.6) is 0 Å². The van der Waals surface area contributed by atoms with E-state index >= 15 is 0 Å². The van der Waals surface area contributed by atoms with Gasteiger partial charge in [0.05, 0.1) is 16.7 Å². The lowest BCUT2D eigenvalue weighted by Crippen LogP contribution is -2.24. The first-order chi connectivity index (χ1) is 9.58. The smallest absolute Gasteiger partial charge is 0.126 e. The van der Waals surface area contributed by atoms with Crippen molar-refractivity contribution in [2.75, 3.05) is 6.54 Å². The highest BCUT2D eigenvalue weighted by Crippen LogP contribution is 2.21. The van der Waals surface area contributed by atoms with Crippen molar-refractivity contribution in [1.29, 1.82) is 0 Å². The zero-order valence-corrected chi connectivity index (χ0v) is 12.4. The van der Waals surface area contributed by atoms with Crippen LogP contribution >= 0.6 is 11.3 Å². The summed E-state index contributed by atoms with van der Waals surface area (Å²) >= 11 is 1.58. The third-order valence-electron chi connectivity index (χ3n) is 3.00. The van der Waals surface area contributed by atoms with Crippen LogP contribution in [0.15, 0.2) is 23.6 Å². The van der Waals surface area contributed by atoms with Crippen LogP contribution in [0.4, 0.5) is 8.78 Å². The van der Waals surface area contributed by atoms with Crippen molar-refractivity contribution in [3.05, 3.63) is 51.5 Å². The molecule has 1 heterocycles. The number of benzene rings is 1. The van der Waals surface area contributed by atoms with Crippen LogP contribution in [0.2, 0.25) is 0 Å². The summed E-state index contributed by atoms with van der Waals surface area (Å²) in [4.78, 5) is 4.47. The average molecular weight is 296 g/mol. The van der Waals surface area contributed by atoms with Crippen LogP contribution in [0, 0.1) is 18.6 Å². The van der Waals surface area contributed by atoms with Gasteiger partial charge in [-0.3, -0.25) is 0 Å².